The molecule has 0 saturated carbocycles. The molecule has 24 heavy (non-hydrogen) atoms. The fraction of sp³-hybridized carbons (Fsp3) is 0.533. The van der Waals surface area contributed by atoms with E-state index in [1.54, 1.807) is 0 Å². The van der Waals surface area contributed by atoms with Crippen molar-refractivity contribution < 1.29 is 31.4 Å². The lowest BCUT2D eigenvalue weighted by atomic mass is 10.0. The van der Waals surface area contributed by atoms with Gasteiger partial charge in [-0.1, -0.05) is 30.3 Å². The summed E-state index contributed by atoms with van der Waals surface area (Å²) in [5.41, 5.74) is 0.973. The number of benzene rings is 1. The molecule has 0 radical (unpaired) electrons. The van der Waals surface area contributed by atoms with Crippen LogP contribution in [0.3, 0.4) is 0 Å². The first-order valence-electron chi connectivity index (χ1n) is 7.48. The Kier molecular flexibility index (Phi) is 6.69. The fourth-order valence-corrected chi connectivity index (χ4v) is 2.79. The highest BCUT2D eigenvalue weighted by Crippen LogP contribution is 2.20. The van der Waals surface area contributed by atoms with Crippen molar-refractivity contribution in [3.05, 3.63) is 35.9 Å². The molecule has 3 atom stereocenters. The van der Waals surface area contributed by atoms with Gasteiger partial charge in [0.1, 0.15) is 0 Å². The second-order valence-electron chi connectivity index (χ2n) is 5.53. The van der Waals surface area contributed by atoms with Crippen molar-refractivity contribution >= 4 is 16.3 Å². The molecule has 2 rings (SSSR count). The number of carbonyl (C=O) groups is 1. The van der Waals surface area contributed by atoms with Crippen molar-refractivity contribution in [2.45, 2.75) is 38.2 Å². The van der Waals surface area contributed by atoms with Gasteiger partial charge in [-0.2, -0.15) is 0 Å². The van der Waals surface area contributed by atoms with E-state index in [-0.39, 0.29) is 31.3 Å². The van der Waals surface area contributed by atoms with Crippen molar-refractivity contribution in [3.63, 3.8) is 0 Å². The Bertz CT molecular complexity index is 634. The SMILES string of the molecule is CC(=O)NC1COC(COS(=O)(=O)[O-])C[C@@H]1OCc1ccccc1. The summed E-state index contributed by atoms with van der Waals surface area (Å²) in [5.74, 6) is -0.214. The summed E-state index contributed by atoms with van der Waals surface area (Å²) in [6.07, 6.45) is -0.682. The van der Waals surface area contributed by atoms with Crippen LogP contribution in [0.4, 0.5) is 0 Å². The second-order valence-corrected chi connectivity index (χ2v) is 6.58. The fourth-order valence-electron chi connectivity index (χ4n) is 2.47. The van der Waals surface area contributed by atoms with Crippen molar-refractivity contribution in [1.82, 2.24) is 5.32 Å². The van der Waals surface area contributed by atoms with Gasteiger partial charge in [-0.25, -0.2) is 8.42 Å². The van der Waals surface area contributed by atoms with Crippen LogP contribution in [0, 0.1) is 0 Å². The van der Waals surface area contributed by atoms with Gasteiger partial charge >= 0.3 is 0 Å². The zero-order valence-corrected chi connectivity index (χ0v) is 14.0. The molecule has 0 aromatic heterocycles. The zero-order valence-electron chi connectivity index (χ0n) is 13.2. The van der Waals surface area contributed by atoms with Crippen LogP contribution in [-0.2, 0) is 35.5 Å². The molecule has 1 aliphatic rings. The van der Waals surface area contributed by atoms with Gasteiger partial charge in [0.2, 0.25) is 16.3 Å². The number of amides is 1. The molecule has 1 fully saturated rings. The Morgan fingerprint density at radius 3 is 2.71 bits per heavy atom. The second kappa shape index (κ2) is 8.54. The highest BCUT2D eigenvalue weighted by molar-refractivity contribution is 7.80. The van der Waals surface area contributed by atoms with Crippen LogP contribution in [0.1, 0.15) is 18.9 Å². The molecule has 8 nitrogen and oxygen atoms in total. The van der Waals surface area contributed by atoms with E-state index >= 15 is 0 Å². The first-order valence-corrected chi connectivity index (χ1v) is 8.81. The van der Waals surface area contributed by atoms with E-state index < -0.39 is 16.5 Å². The number of carbonyl (C=O) groups excluding carboxylic acids is 1. The third-order valence-electron chi connectivity index (χ3n) is 3.55. The number of ether oxygens (including phenoxy) is 2. The summed E-state index contributed by atoms with van der Waals surface area (Å²) in [7, 11) is -4.77. The molecule has 1 aromatic rings. The van der Waals surface area contributed by atoms with E-state index in [1.165, 1.54) is 6.92 Å². The van der Waals surface area contributed by atoms with Crippen LogP contribution < -0.4 is 5.32 Å². The Labute approximate surface area is 141 Å². The predicted molar refractivity (Wildman–Crippen MR) is 82.6 cm³/mol. The molecule has 0 bridgehead atoms. The van der Waals surface area contributed by atoms with Gasteiger partial charge in [-0.3, -0.25) is 8.98 Å². The van der Waals surface area contributed by atoms with Gasteiger partial charge in [0.05, 0.1) is 38.1 Å². The molecular weight excluding hydrogens is 338 g/mol. The van der Waals surface area contributed by atoms with Gasteiger partial charge in [-0.05, 0) is 5.56 Å². The smallest absolute Gasteiger partial charge is 0.217 e. The molecule has 9 heteroatoms. The molecule has 1 N–H and O–H groups in total. The number of nitrogens with one attached hydrogen (secondary N) is 1. The van der Waals surface area contributed by atoms with E-state index in [4.69, 9.17) is 9.47 Å². The van der Waals surface area contributed by atoms with Gasteiger partial charge < -0.3 is 19.3 Å². The lowest BCUT2D eigenvalue weighted by Gasteiger charge is -2.36. The van der Waals surface area contributed by atoms with Crippen LogP contribution in [0.15, 0.2) is 30.3 Å². The van der Waals surface area contributed by atoms with Gasteiger partial charge in [-0.15, -0.1) is 0 Å². The number of hydrogen-bond acceptors (Lipinski definition) is 7. The average molecular weight is 358 g/mol. The van der Waals surface area contributed by atoms with E-state index in [9.17, 15) is 17.8 Å². The monoisotopic (exact) mass is 358 g/mol. The zero-order chi connectivity index (χ0) is 17.6. The van der Waals surface area contributed by atoms with Crippen LogP contribution in [-0.4, -0.2) is 50.3 Å². The summed E-state index contributed by atoms with van der Waals surface area (Å²) < 4.78 is 47.2. The van der Waals surface area contributed by atoms with Gasteiger partial charge in [0, 0.05) is 13.3 Å². The third kappa shape index (κ3) is 6.54. The predicted octanol–water partition coefficient (Wildman–Crippen LogP) is 0.342. The normalized spacial score (nSPS) is 24.5. The summed E-state index contributed by atoms with van der Waals surface area (Å²) in [4.78, 5) is 11.3. The van der Waals surface area contributed by atoms with Crippen LogP contribution in [0.2, 0.25) is 0 Å². The Morgan fingerprint density at radius 1 is 1.38 bits per heavy atom. The van der Waals surface area contributed by atoms with E-state index in [2.05, 4.69) is 9.50 Å². The van der Waals surface area contributed by atoms with Crippen LogP contribution in [0.25, 0.3) is 0 Å². The first kappa shape index (κ1) is 18.8. The van der Waals surface area contributed by atoms with Crippen molar-refractivity contribution in [1.29, 1.82) is 0 Å². The summed E-state index contributed by atoms with van der Waals surface area (Å²) >= 11 is 0. The maximum absolute atomic E-state index is 11.3. The molecule has 1 aromatic carbocycles. The highest BCUT2D eigenvalue weighted by Gasteiger charge is 2.33. The molecule has 1 heterocycles. The maximum Gasteiger partial charge on any atom is 0.217 e. The Hall–Kier alpha value is -1.52. The maximum atomic E-state index is 11.3. The standard InChI is InChI=1S/C15H21NO7S/c1-11(17)16-14-10-21-13(9-23-24(18,19)20)7-15(14)22-8-12-5-3-2-4-6-12/h2-6,13-15H,7-10H2,1H3,(H,16,17)(H,18,19,20)/p-1/t13?,14?,15-/m0/s1. The van der Waals surface area contributed by atoms with Crippen molar-refractivity contribution in [3.8, 4) is 0 Å². The summed E-state index contributed by atoms with van der Waals surface area (Å²) in [5, 5.41) is 2.75. The molecule has 1 aliphatic heterocycles. The van der Waals surface area contributed by atoms with Crippen molar-refractivity contribution in [2.75, 3.05) is 13.2 Å². The lowest BCUT2D eigenvalue weighted by molar-refractivity contribution is -0.131. The van der Waals surface area contributed by atoms with E-state index in [0.29, 0.717) is 13.0 Å². The number of rotatable bonds is 7. The Balaban J connectivity index is 1.95. The molecule has 0 spiro atoms. The van der Waals surface area contributed by atoms with Crippen LogP contribution >= 0.6 is 0 Å². The third-order valence-corrected chi connectivity index (χ3v) is 3.97. The summed E-state index contributed by atoms with van der Waals surface area (Å²) in [6.45, 7) is 1.51. The highest BCUT2D eigenvalue weighted by atomic mass is 32.3. The molecule has 1 amide bonds. The molecule has 1 saturated heterocycles. The van der Waals surface area contributed by atoms with Crippen LogP contribution in [0.5, 0.6) is 0 Å². The molecule has 134 valence electrons. The molecular formula is C15H20NO7S-. The minimum atomic E-state index is -4.77. The molecule has 2 unspecified atom stereocenters. The summed E-state index contributed by atoms with van der Waals surface area (Å²) in [6, 6.07) is 9.16. The first-order chi connectivity index (χ1) is 11.3. The largest absolute Gasteiger partial charge is 0.726 e. The van der Waals surface area contributed by atoms with Crippen molar-refractivity contribution in [2.24, 2.45) is 0 Å². The molecule has 0 aliphatic carbocycles. The lowest BCUT2D eigenvalue weighted by Crippen LogP contribution is -2.53. The van der Waals surface area contributed by atoms with E-state index in [1.807, 2.05) is 30.3 Å². The van der Waals surface area contributed by atoms with E-state index in [0.717, 1.165) is 5.56 Å². The minimum absolute atomic E-state index is 0.145. The topological polar surface area (TPSA) is 114 Å². The van der Waals surface area contributed by atoms with Gasteiger partial charge in [0.15, 0.2) is 0 Å². The average Bonchev–Trinajstić information content (AvgIpc) is 2.52. The number of hydrogen-bond donors (Lipinski definition) is 1. The minimum Gasteiger partial charge on any atom is -0.726 e. The Morgan fingerprint density at radius 2 is 2.08 bits per heavy atom. The van der Waals surface area contributed by atoms with Gasteiger partial charge in [0.25, 0.3) is 0 Å². The quantitative estimate of drug-likeness (QED) is 0.552.